The fourth-order valence-corrected chi connectivity index (χ4v) is 3.36. The standard InChI is InChI=1S/C22H35N5O/c1-5-22(6-2,12-15-28)17-24-21(23-7-3)26-18(4)19-10-8-11-20(16-19)27-14-9-13-25-27/h8-11,13-14,16,18,28H,5-7,12,15,17H2,1-4H3,(H2,23,24,26). The normalized spacial score (nSPS) is 13.4. The first-order valence-corrected chi connectivity index (χ1v) is 10.3. The van der Waals surface area contributed by atoms with E-state index in [0.717, 1.165) is 37.5 Å². The molecule has 0 saturated carbocycles. The molecule has 0 radical (unpaired) electrons. The summed E-state index contributed by atoms with van der Waals surface area (Å²) in [5, 5.41) is 20.6. The molecule has 6 nitrogen and oxygen atoms in total. The molecule has 2 rings (SSSR count). The lowest BCUT2D eigenvalue weighted by Crippen LogP contribution is -2.40. The summed E-state index contributed by atoms with van der Waals surface area (Å²) < 4.78 is 1.86. The lowest BCUT2D eigenvalue weighted by atomic mass is 9.79. The van der Waals surface area contributed by atoms with Gasteiger partial charge in [-0.25, -0.2) is 4.68 Å². The largest absolute Gasteiger partial charge is 0.396 e. The first-order valence-electron chi connectivity index (χ1n) is 10.3. The molecule has 0 bridgehead atoms. The number of hydrogen-bond donors (Lipinski definition) is 3. The minimum absolute atomic E-state index is 0.0559. The maximum absolute atomic E-state index is 9.44. The first-order chi connectivity index (χ1) is 13.6. The van der Waals surface area contributed by atoms with Crippen LogP contribution in [0.3, 0.4) is 0 Å². The van der Waals surface area contributed by atoms with Crippen LogP contribution in [0.1, 0.15) is 58.6 Å². The number of rotatable bonds is 10. The molecule has 1 atom stereocenters. The second kappa shape index (κ2) is 10.9. The molecule has 2 aromatic rings. The lowest BCUT2D eigenvalue weighted by Gasteiger charge is -2.30. The molecule has 0 amide bonds. The average Bonchev–Trinajstić information content (AvgIpc) is 3.26. The quantitative estimate of drug-likeness (QED) is 0.431. The average molecular weight is 386 g/mol. The van der Waals surface area contributed by atoms with Gasteiger partial charge >= 0.3 is 0 Å². The van der Waals surface area contributed by atoms with Gasteiger partial charge in [0.2, 0.25) is 0 Å². The molecule has 1 unspecified atom stereocenters. The van der Waals surface area contributed by atoms with Crippen LogP contribution in [-0.4, -0.2) is 40.5 Å². The van der Waals surface area contributed by atoms with Gasteiger partial charge in [-0.3, -0.25) is 4.99 Å². The van der Waals surface area contributed by atoms with Crippen LogP contribution in [0.4, 0.5) is 0 Å². The van der Waals surface area contributed by atoms with Crippen LogP contribution >= 0.6 is 0 Å². The van der Waals surface area contributed by atoms with Crippen molar-refractivity contribution in [1.29, 1.82) is 0 Å². The molecule has 154 valence electrons. The Labute approximate surface area is 169 Å². The van der Waals surface area contributed by atoms with Gasteiger partial charge in [-0.2, -0.15) is 5.10 Å². The first kappa shape index (κ1) is 22.0. The summed E-state index contributed by atoms with van der Waals surface area (Å²) in [4.78, 5) is 4.85. The molecular weight excluding hydrogens is 350 g/mol. The maximum Gasteiger partial charge on any atom is 0.191 e. The van der Waals surface area contributed by atoms with Crippen molar-refractivity contribution in [3.63, 3.8) is 0 Å². The summed E-state index contributed by atoms with van der Waals surface area (Å²) in [6.07, 6.45) is 6.52. The molecule has 0 spiro atoms. The summed E-state index contributed by atoms with van der Waals surface area (Å²) in [5.74, 6) is 0.809. The van der Waals surface area contributed by atoms with Crippen molar-refractivity contribution >= 4 is 5.96 Å². The number of nitrogens with zero attached hydrogens (tertiary/aromatic N) is 3. The number of aromatic nitrogens is 2. The van der Waals surface area contributed by atoms with E-state index in [1.807, 2.05) is 23.0 Å². The third kappa shape index (κ3) is 5.83. The summed E-state index contributed by atoms with van der Waals surface area (Å²) in [6, 6.07) is 10.4. The second-order valence-electron chi connectivity index (χ2n) is 7.29. The van der Waals surface area contributed by atoms with Crippen LogP contribution in [0.15, 0.2) is 47.7 Å². The van der Waals surface area contributed by atoms with E-state index < -0.39 is 0 Å². The highest BCUT2D eigenvalue weighted by Crippen LogP contribution is 2.30. The van der Waals surface area contributed by atoms with Crippen LogP contribution in [0.2, 0.25) is 0 Å². The molecule has 1 heterocycles. The number of aliphatic hydroxyl groups excluding tert-OH is 1. The van der Waals surface area contributed by atoms with Gasteiger partial charge in [0.25, 0.3) is 0 Å². The number of benzene rings is 1. The van der Waals surface area contributed by atoms with E-state index in [9.17, 15) is 5.11 Å². The molecule has 0 aliphatic carbocycles. The van der Waals surface area contributed by atoms with Crippen LogP contribution in [-0.2, 0) is 0 Å². The van der Waals surface area contributed by atoms with E-state index in [1.54, 1.807) is 6.20 Å². The highest BCUT2D eigenvalue weighted by molar-refractivity contribution is 5.80. The minimum atomic E-state index is 0.0559. The van der Waals surface area contributed by atoms with Crippen molar-refractivity contribution in [3.8, 4) is 5.69 Å². The zero-order chi connectivity index (χ0) is 20.4. The molecule has 0 fully saturated rings. The topological polar surface area (TPSA) is 74.5 Å². The molecule has 28 heavy (non-hydrogen) atoms. The number of aliphatic imine (C=N–C) groups is 1. The van der Waals surface area contributed by atoms with Gasteiger partial charge in [-0.15, -0.1) is 0 Å². The summed E-state index contributed by atoms with van der Waals surface area (Å²) >= 11 is 0. The molecule has 1 aromatic heterocycles. The van der Waals surface area contributed by atoms with E-state index in [-0.39, 0.29) is 18.1 Å². The van der Waals surface area contributed by atoms with E-state index in [2.05, 4.69) is 61.6 Å². The van der Waals surface area contributed by atoms with E-state index in [1.165, 1.54) is 5.56 Å². The van der Waals surface area contributed by atoms with Gasteiger partial charge in [-0.1, -0.05) is 26.0 Å². The van der Waals surface area contributed by atoms with Gasteiger partial charge < -0.3 is 15.7 Å². The highest BCUT2D eigenvalue weighted by Gasteiger charge is 2.25. The summed E-state index contributed by atoms with van der Waals surface area (Å²) in [7, 11) is 0. The Hall–Kier alpha value is -2.34. The van der Waals surface area contributed by atoms with Crippen LogP contribution in [0.25, 0.3) is 5.69 Å². The van der Waals surface area contributed by atoms with Crippen molar-refractivity contribution in [2.45, 2.75) is 53.0 Å². The minimum Gasteiger partial charge on any atom is -0.396 e. The maximum atomic E-state index is 9.44. The monoisotopic (exact) mass is 385 g/mol. The fourth-order valence-electron chi connectivity index (χ4n) is 3.36. The van der Waals surface area contributed by atoms with Crippen LogP contribution in [0, 0.1) is 5.41 Å². The lowest BCUT2D eigenvalue weighted by molar-refractivity contribution is 0.175. The van der Waals surface area contributed by atoms with Crippen molar-refractivity contribution in [2.24, 2.45) is 10.4 Å². The van der Waals surface area contributed by atoms with Crippen molar-refractivity contribution in [2.75, 3.05) is 19.7 Å². The molecule has 1 aromatic carbocycles. The zero-order valence-electron chi connectivity index (χ0n) is 17.7. The molecular formula is C22H35N5O. The van der Waals surface area contributed by atoms with Crippen molar-refractivity contribution < 1.29 is 5.11 Å². The Morgan fingerprint density at radius 1 is 1.25 bits per heavy atom. The van der Waals surface area contributed by atoms with E-state index in [4.69, 9.17) is 4.99 Å². The van der Waals surface area contributed by atoms with Crippen LogP contribution < -0.4 is 10.6 Å². The zero-order valence-corrected chi connectivity index (χ0v) is 17.7. The third-order valence-electron chi connectivity index (χ3n) is 5.55. The predicted molar refractivity (Wildman–Crippen MR) is 116 cm³/mol. The van der Waals surface area contributed by atoms with Crippen LogP contribution in [0.5, 0.6) is 0 Å². The van der Waals surface area contributed by atoms with Gasteiger partial charge in [0.1, 0.15) is 0 Å². The Morgan fingerprint density at radius 3 is 2.64 bits per heavy atom. The Balaban J connectivity index is 2.13. The fraction of sp³-hybridized carbons (Fsp3) is 0.545. The SMILES string of the molecule is CCNC(=NCC(CC)(CC)CCO)NC(C)c1cccc(-n2cccn2)c1. The molecule has 3 N–H and O–H groups in total. The third-order valence-corrected chi connectivity index (χ3v) is 5.55. The molecule has 0 aliphatic rings. The Morgan fingerprint density at radius 2 is 2.04 bits per heavy atom. The summed E-state index contributed by atoms with van der Waals surface area (Å²) in [6.45, 7) is 10.3. The number of aliphatic hydroxyl groups is 1. The van der Waals surface area contributed by atoms with E-state index in [0.29, 0.717) is 6.54 Å². The van der Waals surface area contributed by atoms with Gasteiger partial charge in [0.05, 0.1) is 11.7 Å². The van der Waals surface area contributed by atoms with Gasteiger partial charge in [0, 0.05) is 32.1 Å². The Kier molecular flexibility index (Phi) is 8.51. The van der Waals surface area contributed by atoms with E-state index >= 15 is 0 Å². The highest BCUT2D eigenvalue weighted by atomic mass is 16.3. The van der Waals surface area contributed by atoms with Gasteiger partial charge in [-0.05, 0) is 62.3 Å². The number of nitrogens with one attached hydrogen (secondary N) is 2. The predicted octanol–water partition coefficient (Wildman–Crippen LogP) is 3.68. The molecule has 0 aliphatic heterocycles. The molecule has 0 saturated heterocycles. The number of guanidine groups is 1. The van der Waals surface area contributed by atoms with Crippen molar-refractivity contribution in [1.82, 2.24) is 20.4 Å². The summed E-state index contributed by atoms with van der Waals surface area (Å²) in [5.41, 5.74) is 2.27. The molecule has 6 heteroatoms. The van der Waals surface area contributed by atoms with Gasteiger partial charge in [0.15, 0.2) is 5.96 Å². The smallest absolute Gasteiger partial charge is 0.191 e. The number of hydrogen-bond acceptors (Lipinski definition) is 3. The van der Waals surface area contributed by atoms with Crippen molar-refractivity contribution in [3.05, 3.63) is 48.3 Å². The Bertz CT molecular complexity index is 722. The second-order valence-corrected chi connectivity index (χ2v) is 7.29.